The summed E-state index contributed by atoms with van der Waals surface area (Å²) in [6.07, 6.45) is 1.82. The minimum atomic E-state index is 0.191. The highest BCUT2D eigenvalue weighted by Crippen LogP contribution is 2.28. The van der Waals surface area contributed by atoms with E-state index in [0.29, 0.717) is 0 Å². The van der Waals surface area contributed by atoms with Crippen LogP contribution in [0.2, 0.25) is 0 Å². The van der Waals surface area contributed by atoms with Gasteiger partial charge >= 0.3 is 0 Å². The van der Waals surface area contributed by atoms with Crippen LogP contribution in [0.5, 0.6) is 5.75 Å². The predicted molar refractivity (Wildman–Crippen MR) is 67.1 cm³/mol. The van der Waals surface area contributed by atoms with Crippen molar-refractivity contribution in [1.29, 1.82) is 0 Å². The molecule has 0 saturated carbocycles. The summed E-state index contributed by atoms with van der Waals surface area (Å²) in [7, 11) is 1.68. The molecule has 0 aliphatic carbocycles. The maximum Gasteiger partial charge on any atom is 0.141 e. The first-order chi connectivity index (χ1) is 7.81. The summed E-state index contributed by atoms with van der Waals surface area (Å²) >= 11 is 1.65. The molecule has 0 bridgehead atoms. The number of para-hydroxylation sites is 2. The highest BCUT2D eigenvalue weighted by Gasteiger charge is 2.09. The molecule has 1 aromatic carbocycles. The monoisotopic (exact) mass is 234 g/mol. The van der Waals surface area contributed by atoms with Gasteiger partial charge in [0.15, 0.2) is 0 Å². The molecule has 84 valence electrons. The second-order valence-corrected chi connectivity index (χ2v) is 4.36. The van der Waals surface area contributed by atoms with Gasteiger partial charge in [0.25, 0.3) is 0 Å². The molecular formula is C12H14N2OS. The van der Waals surface area contributed by atoms with Crippen molar-refractivity contribution in [2.24, 2.45) is 0 Å². The van der Waals surface area contributed by atoms with Crippen LogP contribution in [-0.4, -0.2) is 12.1 Å². The zero-order valence-electron chi connectivity index (χ0n) is 9.31. The molecule has 0 aliphatic heterocycles. The third kappa shape index (κ3) is 2.33. The van der Waals surface area contributed by atoms with Gasteiger partial charge in [-0.3, -0.25) is 0 Å². The van der Waals surface area contributed by atoms with Crippen molar-refractivity contribution in [2.45, 2.75) is 13.0 Å². The topological polar surface area (TPSA) is 34.1 Å². The zero-order valence-corrected chi connectivity index (χ0v) is 10.1. The Morgan fingerprint density at radius 1 is 1.38 bits per heavy atom. The Hall–Kier alpha value is -1.55. The number of thiazole rings is 1. The van der Waals surface area contributed by atoms with E-state index < -0.39 is 0 Å². The van der Waals surface area contributed by atoms with E-state index in [0.717, 1.165) is 16.4 Å². The summed E-state index contributed by atoms with van der Waals surface area (Å²) in [5.41, 5.74) is 0.993. The number of methoxy groups -OCH3 is 1. The molecule has 3 nitrogen and oxygen atoms in total. The lowest BCUT2D eigenvalue weighted by molar-refractivity contribution is 0.416. The molecular weight excluding hydrogens is 220 g/mol. The molecule has 0 amide bonds. The third-order valence-electron chi connectivity index (χ3n) is 2.30. The van der Waals surface area contributed by atoms with Crippen molar-refractivity contribution in [3.8, 4) is 5.75 Å². The molecule has 1 heterocycles. The molecule has 2 rings (SSSR count). The molecule has 0 radical (unpaired) electrons. The van der Waals surface area contributed by atoms with Gasteiger partial charge in [-0.15, -0.1) is 11.3 Å². The zero-order chi connectivity index (χ0) is 11.4. The summed E-state index contributed by atoms with van der Waals surface area (Å²) in [4.78, 5) is 4.28. The van der Waals surface area contributed by atoms with Crippen molar-refractivity contribution in [1.82, 2.24) is 4.98 Å². The lowest BCUT2D eigenvalue weighted by Gasteiger charge is -2.15. The van der Waals surface area contributed by atoms with Gasteiger partial charge in [0.05, 0.1) is 18.8 Å². The highest BCUT2D eigenvalue weighted by atomic mass is 32.1. The van der Waals surface area contributed by atoms with Crippen molar-refractivity contribution in [3.05, 3.63) is 40.8 Å². The molecule has 1 unspecified atom stereocenters. The van der Waals surface area contributed by atoms with Crippen molar-refractivity contribution < 1.29 is 4.74 Å². The van der Waals surface area contributed by atoms with Crippen LogP contribution in [0.25, 0.3) is 0 Å². The molecule has 16 heavy (non-hydrogen) atoms. The Balaban J connectivity index is 2.14. The molecule has 1 N–H and O–H groups in total. The number of ether oxygens (including phenoxy) is 1. The Bertz CT molecular complexity index is 442. The van der Waals surface area contributed by atoms with Crippen LogP contribution in [0.1, 0.15) is 18.0 Å². The van der Waals surface area contributed by atoms with Gasteiger partial charge in [0.1, 0.15) is 10.8 Å². The Labute approximate surface area is 99.1 Å². The lowest BCUT2D eigenvalue weighted by Crippen LogP contribution is -2.07. The maximum absolute atomic E-state index is 5.28. The van der Waals surface area contributed by atoms with E-state index in [1.54, 1.807) is 18.4 Å². The third-order valence-corrected chi connectivity index (χ3v) is 3.26. The Morgan fingerprint density at radius 3 is 2.88 bits per heavy atom. The molecule has 0 saturated heterocycles. The number of aromatic nitrogens is 1. The lowest BCUT2D eigenvalue weighted by atomic mass is 10.2. The van der Waals surface area contributed by atoms with Crippen molar-refractivity contribution in [2.75, 3.05) is 12.4 Å². The van der Waals surface area contributed by atoms with E-state index in [1.165, 1.54) is 0 Å². The van der Waals surface area contributed by atoms with E-state index in [1.807, 2.05) is 35.8 Å². The smallest absolute Gasteiger partial charge is 0.141 e. The van der Waals surface area contributed by atoms with Gasteiger partial charge in [-0.25, -0.2) is 4.98 Å². The van der Waals surface area contributed by atoms with Crippen LogP contribution >= 0.6 is 11.3 Å². The first-order valence-corrected chi connectivity index (χ1v) is 5.98. The van der Waals surface area contributed by atoms with Gasteiger partial charge in [-0.05, 0) is 19.1 Å². The highest BCUT2D eigenvalue weighted by molar-refractivity contribution is 7.09. The number of hydrogen-bond acceptors (Lipinski definition) is 4. The van der Waals surface area contributed by atoms with Crippen LogP contribution in [0.3, 0.4) is 0 Å². The van der Waals surface area contributed by atoms with Crippen LogP contribution in [0.15, 0.2) is 35.8 Å². The van der Waals surface area contributed by atoms with Crippen LogP contribution in [-0.2, 0) is 0 Å². The fourth-order valence-electron chi connectivity index (χ4n) is 1.51. The molecule has 4 heteroatoms. The number of hydrogen-bond donors (Lipinski definition) is 1. The van der Waals surface area contributed by atoms with Gasteiger partial charge in [0.2, 0.25) is 0 Å². The van der Waals surface area contributed by atoms with Crippen molar-refractivity contribution in [3.63, 3.8) is 0 Å². The predicted octanol–water partition coefficient (Wildman–Crippen LogP) is 3.32. The fraction of sp³-hybridized carbons (Fsp3) is 0.250. The average Bonchev–Trinajstić information content (AvgIpc) is 2.83. The second kappa shape index (κ2) is 4.99. The summed E-state index contributed by atoms with van der Waals surface area (Å²) < 4.78 is 5.28. The molecule has 2 aromatic rings. The first kappa shape index (κ1) is 11.0. The number of nitrogens with one attached hydrogen (secondary N) is 1. The normalized spacial score (nSPS) is 12.1. The Morgan fingerprint density at radius 2 is 2.19 bits per heavy atom. The first-order valence-electron chi connectivity index (χ1n) is 5.10. The second-order valence-electron chi connectivity index (χ2n) is 3.44. The molecule has 1 aromatic heterocycles. The fourth-order valence-corrected chi connectivity index (χ4v) is 2.15. The summed E-state index contributed by atoms with van der Waals surface area (Å²) in [6.45, 7) is 2.09. The van der Waals surface area contributed by atoms with Crippen LogP contribution in [0, 0.1) is 0 Å². The van der Waals surface area contributed by atoms with E-state index in [4.69, 9.17) is 4.74 Å². The van der Waals surface area contributed by atoms with Gasteiger partial charge in [-0.2, -0.15) is 0 Å². The summed E-state index contributed by atoms with van der Waals surface area (Å²) in [6, 6.07) is 8.08. The van der Waals surface area contributed by atoms with Gasteiger partial charge in [-0.1, -0.05) is 12.1 Å². The quantitative estimate of drug-likeness (QED) is 0.881. The number of benzene rings is 1. The number of rotatable bonds is 4. The Kier molecular flexibility index (Phi) is 3.41. The van der Waals surface area contributed by atoms with E-state index in [-0.39, 0.29) is 6.04 Å². The minimum absolute atomic E-state index is 0.191. The van der Waals surface area contributed by atoms with Crippen LogP contribution in [0.4, 0.5) is 5.69 Å². The van der Waals surface area contributed by atoms with E-state index >= 15 is 0 Å². The molecule has 0 spiro atoms. The minimum Gasteiger partial charge on any atom is -0.495 e. The van der Waals surface area contributed by atoms with E-state index in [2.05, 4.69) is 17.2 Å². The number of anilines is 1. The summed E-state index contributed by atoms with van der Waals surface area (Å²) in [5.74, 6) is 0.853. The van der Waals surface area contributed by atoms with E-state index in [9.17, 15) is 0 Å². The molecule has 0 fully saturated rings. The largest absolute Gasteiger partial charge is 0.495 e. The van der Waals surface area contributed by atoms with Crippen molar-refractivity contribution >= 4 is 17.0 Å². The van der Waals surface area contributed by atoms with Gasteiger partial charge in [0, 0.05) is 11.6 Å². The maximum atomic E-state index is 5.28. The molecule has 1 atom stereocenters. The molecule has 0 aliphatic rings. The standard InChI is InChI=1S/C12H14N2OS/c1-9(12-13-7-8-16-12)14-10-5-3-4-6-11(10)15-2/h3-9,14H,1-2H3. The van der Waals surface area contributed by atoms with Gasteiger partial charge < -0.3 is 10.1 Å². The number of nitrogens with zero attached hydrogens (tertiary/aromatic N) is 1. The summed E-state index contributed by atoms with van der Waals surface area (Å²) in [5, 5.41) is 6.44. The van der Waals surface area contributed by atoms with Crippen LogP contribution < -0.4 is 10.1 Å². The SMILES string of the molecule is COc1ccccc1NC(C)c1nccs1. The average molecular weight is 234 g/mol.